The maximum atomic E-state index is 10.7. The molecule has 1 saturated heterocycles. The number of piperazine rings is 1. The standard InChI is InChI=1S/C24H31N3O3/c1-19-4-10-22(11-5-19)27-17-15-26(16-18-27)14-2-3-20-6-8-21(9-7-20)23(25-30)12-13-24(28)29/h4-11,30H,2-3,12-18H2,1H3,(H,28,29). The Hall–Kier alpha value is -2.86. The highest BCUT2D eigenvalue weighted by atomic mass is 16.4. The third kappa shape index (κ3) is 6.32. The molecule has 30 heavy (non-hydrogen) atoms. The molecule has 2 aromatic rings. The van der Waals surface area contributed by atoms with Gasteiger partial charge >= 0.3 is 5.97 Å². The van der Waals surface area contributed by atoms with Crippen LogP contribution >= 0.6 is 0 Å². The second kappa shape index (κ2) is 10.8. The van der Waals surface area contributed by atoms with Crippen LogP contribution in [0.1, 0.15) is 36.0 Å². The van der Waals surface area contributed by atoms with Gasteiger partial charge in [0.25, 0.3) is 0 Å². The highest BCUT2D eigenvalue weighted by molar-refractivity contribution is 6.01. The lowest BCUT2D eigenvalue weighted by atomic mass is 10.0. The Kier molecular flexibility index (Phi) is 7.85. The Bertz CT molecular complexity index is 839. The molecule has 0 unspecified atom stereocenters. The second-order valence-corrected chi connectivity index (χ2v) is 7.91. The first-order valence-electron chi connectivity index (χ1n) is 10.6. The van der Waals surface area contributed by atoms with Gasteiger partial charge in [-0.1, -0.05) is 47.1 Å². The van der Waals surface area contributed by atoms with E-state index in [-0.39, 0.29) is 12.8 Å². The van der Waals surface area contributed by atoms with Crippen molar-refractivity contribution in [1.82, 2.24) is 4.90 Å². The fourth-order valence-corrected chi connectivity index (χ4v) is 3.83. The summed E-state index contributed by atoms with van der Waals surface area (Å²) in [5.74, 6) is -0.896. The van der Waals surface area contributed by atoms with Gasteiger partial charge in [0, 0.05) is 38.3 Å². The number of aryl methyl sites for hydroxylation is 2. The van der Waals surface area contributed by atoms with Crippen LogP contribution in [0.15, 0.2) is 53.7 Å². The van der Waals surface area contributed by atoms with Crippen LogP contribution < -0.4 is 4.90 Å². The topological polar surface area (TPSA) is 76.4 Å². The zero-order valence-electron chi connectivity index (χ0n) is 17.6. The lowest BCUT2D eigenvalue weighted by Crippen LogP contribution is -2.46. The fraction of sp³-hybridized carbons (Fsp3) is 0.417. The van der Waals surface area contributed by atoms with E-state index < -0.39 is 5.97 Å². The second-order valence-electron chi connectivity index (χ2n) is 7.91. The van der Waals surface area contributed by atoms with Gasteiger partial charge in [-0.15, -0.1) is 0 Å². The molecule has 2 N–H and O–H groups in total. The molecule has 0 bridgehead atoms. The molecule has 0 saturated carbocycles. The predicted molar refractivity (Wildman–Crippen MR) is 120 cm³/mol. The van der Waals surface area contributed by atoms with E-state index in [0.29, 0.717) is 5.71 Å². The average molecular weight is 410 g/mol. The Morgan fingerprint density at radius 2 is 1.63 bits per heavy atom. The predicted octanol–water partition coefficient (Wildman–Crippen LogP) is 3.79. The molecule has 3 rings (SSSR count). The maximum absolute atomic E-state index is 10.7. The maximum Gasteiger partial charge on any atom is 0.303 e. The molecule has 2 aromatic carbocycles. The zero-order valence-corrected chi connectivity index (χ0v) is 17.6. The van der Waals surface area contributed by atoms with Gasteiger partial charge < -0.3 is 15.2 Å². The zero-order chi connectivity index (χ0) is 21.3. The Morgan fingerprint density at radius 1 is 0.967 bits per heavy atom. The van der Waals surface area contributed by atoms with Gasteiger partial charge in [0.05, 0.1) is 12.1 Å². The van der Waals surface area contributed by atoms with Crippen LogP contribution in [0.3, 0.4) is 0 Å². The number of hydrogen-bond acceptors (Lipinski definition) is 5. The molecule has 6 nitrogen and oxygen atoms in total. The van der Waals surface area contributed by atoms with Crippen molar-refractivity contribution in [1.29, 1.82) is 0 Å². The summed E-state index contributed by atoms with van der Waals surface area (Å²) >= 11 is 0. The summed E-state index contributed by atoms with van der Waals surface area (Å²) in [5, 5.41) is 21.2. The van der Waals surface area contributed by atoms with Crippen molar-refractivity contribution in [3.63, 3.8) is 0 Å². The largest absolute Gasteiger partial charge is 0.481 e. The highest BCUT2D eigenvalue weighted by Gasteiger charge is 2.16. The Balaban J connectivity index is 1.40. The minimum absolute atomic E-state index is 0.0433. The molecule has 0 spiro atoms. The molecule has 0 amide bonds. The van der Waals surface area contributed by atoms with Gasteiger partial charge in [-0.25, -0.2) is 0 Å². The van der Waals surface area contributed by atoms with Crippen LogP contribution in [0.4, 0.5) is 5.69 Å². The first-order valence-corrected chi connectivity index (χ1v) is 10.6. The van der Waals surface area contributed by atoms with Crippen LogP contribution in [-0.4, -0.2) is 59.6 Å². The van der Waals surface area contributed by atoms with E-state index in [9.17, 15) is 4.79 Å². The van der Waals surface area contributed by atoms with E-state index in [1.165, 1.54) is 16.8 Å². The lowest BCUT2D eigenvalue weighted by molar-refractivity contribution is -0.136. The van der Waals surface area contributed by atoms with Crippen LogP contribution in [0.2, 0.25) is 0 Å². The van der Waals surface area contributed by atoms with E-state index in [0.717, 1.165) is 51.1 Å². The molecular formula is C24H31N3O3. The van der Waals surface area contributed by atoms with Gasteiger partial charge in [0.15, 0.2) is 0 Å². The van der Waals surface area contributed by atoms with Crippen LogP contribution in [0.25, 0.3) is 0 Å². The number of nitrogens with zero attached hydrogens (tertiary/aromatic N) is 3. The third-order valence-electron chi connectivity index (χ3n) is 5.69. The van der Waals surface area contributed by atoms with E-state index in [4.69, 9.17) is 10.3 Å². The van der Waals surface area contributed by atoms with Crippen molar-refractivity contribution in [2.45, 2.75) is 32.6 Å². The minimum Gasteiger partial charge on any atom is -0.481 e. The summed E-state index contributed by atoms with van der Waals surface area (Å²) in [5.41, 5.74) is 5.04. The monoisotopic (exact) mass is 409 g/mol. The van der Waals surface area contributed by atoms with Gasteiger partial charge in [-0.3, -0.25) is 9.69 Å². The summed E-state index contributed by atoms with van der Waals surface area (Å²) < 4.78 is 0. The van der Waals surface area contributed by atoms with E-state index >= 15 is 0 Å². The van der Waals surface area contributed by atoms with E-state index in [1.54, 1.807) is 0 Å². The van der Waals surface area contributed by atoms with Crippen molar-refractivity contribution >= 4 is 17.4 Å². The molecule has 1 aliphatic rings. The van der Waals surface area contributed by atoms with Crippen molar-refractivity contribution in [3.8, 4) is 0 Å². The molecule has 0 atom stereocenters. The van der Waals surface area contributed by atoms with Gasteiger partial charge in [0.1, 0.15) is 0 Å². The van der Waals surface area contributed by atoms with Crippen molar-refractivity contribution < 1.29 is 15.1 Å². The Labute approximate surface area is 178 Å². The number of carbonyl (C=O) groups is 1. The molecule has 1 heterocycles. The number of benzene rings is 2. The highest BCUT2D eigenvalue weighted by Crippen LogP contribution is 2.17. The molecular weight excluding hydrogens is 378 g/mol. The minimum atomic E-state index is -0.896. The molecule has 0 radical (unpaired) electrons. The number of aliphatic carboxylic acids is 1. The van der Waals surface area contributed by atoms with Gasteiger partial charge in [-0.2, -0.15) is 0 Å². The summed E-state index contributed by atoms with van der Waals surface area (Å²) in [6, 6.07) is 16.7. The average Bonchev–Trinajstić information content (AvgIpc) is 2.76. The summed E-state index contributed by atoms with van der Waals surface area (Å²) in [6.07, 6.45) is 2.28. The molecule has 1 fully saturated rings. The number of hydrogen-bond donors (Lipinski definition) is 2. The summed E-state index contributed by atoms with van der Waals surface area (Å²) in [7, 11) is 0. The number of carboxylic acid groups (broad SMARTS) is 1. The number of oxime groups is 1. The van der Waals surface area contributed by atoms with Crippen molar-refractivity contribution in [2.75, 3.05) is 37.6 Å². The molecule has 160 valence electrons. The number of carboxylic acids is 1. The quantitative estimate of drug-likeness (QED) is 0.374. The van der Waals surface area contributed by atoms with Crippen molar-refractivity contribution in [2.24, 2.45) is 5.16 Å². The van der Waals surface area contributed by atoms with Crippen LogP contribution in [0, 0.1) is 6.92 Å². The lowest BCUT2D eigenvalue weighted by Gasteiger charge is -2.36. The molecule has 0 aliphatic carbocycles. The number of rotatable bonds is 9. The van der Waals surface area contributed by atoms with Crippen molar-refractivity contribution in [3.05, 3.63) is 65.2 Å². The van der Waals surface area contributed by atoms with Crippen LogP contribution in [0.5, 0.6) is 0 Å². The molecule has 1 aliphatic heterocycles. The fourth-order valence-electron chi connectivity index (χ4n) is 3.83. The van der Waals surface area contributed by atoms with E-state index in [2.05, 4.69) is 46.1 Å². The van der Waals surface area contributed by atoms with Crippen LogP contribution in [-0.2, 0) is 11.2 Å². The third-order valence-corrected chi connectivity index (χ3v) is 5.69. The SMILES string of the molecule is Cc1ccc(N2CCN(CCCc3ccc(C(CCC(=O)O)=NO)cc3)CC2)cc1. The number of anilines is 1. The normalized spacial score (nSPS) is 15.4. The molecule has 0 aromatic heterocycles. The summed E-state index contributed by atoms with van der Waals surface area (Å²) in [4.78, 5) is 15.7. The summed E-state index contributed by atoms with van der Waals surface area (Å²) in [6.45, 7) is 7.52. The smallest absolute Gasteiger partial charge is 0.303 e. The van der Waals surface area contributed by atoms with Gasteiger partial charge in [0.2, 0.25) is 0 Å². The van der Waals surface area contributed by atoms with Gasteiger partial charge in [-0.05, 0) is 49.6 Å². The Morgan fingerprint density at radius 3 is 2.23 bits per heavy atom. The van der Waals surface area contributed by atoms with E-state index in [1.807, 2.05) is 24.3 Å². The first kappa shape index (κ1) is 21.8. The molecule has 6 heteroatoms. The first-order chi connectivity index (χ1) is 14.5.